The standard InChI is InChI=1S/C8H19N3O2S/c1-11(2)14(12,13)10-8-4-3-6-9-7-5-8/h8-10H,3-7H2,1-2H3/t8-/m0/s1. The van der Waals surface area contributed by atoms with Crippen LogP contribution in [0.5, 0.6) is 0 Å². The van der Waals surface area contributed by atoms with Gasteiger partial charge in [0.1, 0.15) is 0 Å². The van der Waals surface area contributed by atoms with E-state index in [1.165, 1.54) is 18.4 Å². The molecule has 0 bridgehead atoms. The van der Waals surface area contributed by atoms with Crippen molar-refractivity contribution in [2.45, 2.75) is 25.3 Å². The largest absolute Gasteiger partial charge is 0.317 e. The quantitative estimate of drug-likeness (QED) is 0.677. The normalized spacial score (nSPS) is 24.9. The molecule has 0 aromatic carbocycles. The molecule has 1 rings (SSSR count). The molecule has 0 aromatic rings. The van der Waals surface area contributed by atoms with E-state index in [9.17, 15) is 8.42 Å². The molecule has 0 radical (unpaired) electrons. The van der Waals surface area contributed by atoms with E-state index in [0.29, 0.717) is 0 Å². The number of hydrogen-bond acceptors (Lipinski definition) is 3. The van der Waals surface area contributed by atoms with E-state index in [1.807, 2.05) is 0 Å². The topological polar surface area (TPSA) is 61.4 Å². The van der Waals surface area contributed by atoms with E-state index in [-0.39, 0.29) is 6.04 Å². The molecule has 14 heavy (non-hydrogen) atoms. The molecule has 0 amide bonds. The van der Waals surface area contributed by atoms with Crippen LogP contribution < -0.4 is 10.0 Å². The lowest BCUT2D eigenvalue weighted by Crippen LogP contribution is -2.42. The third-order valence-corrected chi connectivity index (χ3v) is 3.96. The summed E-state index contributed by atoms with van der Waals surface area (Å²) in [5, 5.41) is 3.24. The Morgan fingerprint density at radius 1 is 1.29 bits per heavy atom. The first-order valence-electron chi connectivity index (χ1n) is 4.93. The maximum atomic E-state index is 11.5. The predicted octanol–water partition coefficient (Wildman–Crippen LogP) is -0.475. The Labute approximate surface area is 86.0 Å². The molecule has 0 aromatic heterocycles. The second-order valence-electron chi connectivity index (χ2n) is 3.78. The monoisotopic (exact) mass is 221 g/mol. The number of hydrogen-bond donors (Lipinski definition) is 2. The Balaban J connectivity index is 2.50. The Hall–Kier alpha value is -0.170. The molecular formula is C8H19N3O2S. The van der Waals surface area contributed by atoms with Crippen molar-refractivity contribution in [1.29, 1.82) is 0 Å². The third-order valence-electron chi connectivity index (χ3n) is 2.37. The van der Waals surface area contributed by atoms with E-state index in [0.717, 1.165) is 32.4 Å². The molecule has 0 unspecified atom stereocenters. The van der Waals surface area contributed by atoms with E-state index in [4.69, 9.17) is 0 Å². The molecule has 1 aliphatic rings. The van der Waals surface area contributed by atoms with Gasteiger partial charge in [0, 0.05) is 20.1 Å². The van der Waals surface area contributed by atoms with Gasteiger partial charge in [-0.1, -0.05) is 0 Å². The molecule has 1 aliphatic heterocycles. The summed E-state index contributed by atoms with van der Waals surface area (Å²) in [5.74, 6) is 0. The van der Waals surface area contributed by atoms with Crippen molar-refractivity contribution in [3.63, 3.8) is 0 Å². The van der Waals surface area contributed by atoms with Gasteiger partial charge in [0.25, 0.3) is 10.2 Å². The van der Waals surface area contributed by atoms with Gasteiger partial charge in [-0.3, -0.25) is 0 Å². The average molecular weight is 221 g/mol. The maximum Gasteiger partial charge on any atom is 0.279 e. The number of nitrogens with one attached hydrogen (secondary N) is 2. The Kier molecular flexibility index (Phi) is 4.31. The highest BCUT2D eigenvalue weighted by Gasteiger charge is 2.20. The van der Waals surface area contributed by atoms with Crippen LogP contribution >= 0.6 is 0 Å². The number of rotatable bonds is 3. The average Bonchev–Trinajstić information content (AvgIpc) is 2.32. The smallest absolute Gasteiger partial charge is 0.279 e. The fourth-order valence-corrected chi connectivity index (χ4v) is 2.32. The molecule has 1 saturated heterocycles. The first-order chi connectivity index (χ1) is 6.52. The molecule has 84 valence electrons. The highest BCUT2D eigenvalue weighted by atomic mass is 32.2. The summed E-state index contributed by atoms with van der Waals surface area (Å²) in [6, 6.07) is 0.0809. The van der Waals surface area contributed by atoms with Crippen molar-refractivity contribution in [3.8, 4) is 0 Å². The second-order valence-corrected chi connectivity index (χ2v) is 5.70. The minimum Gasteiger partial charge on any atom is -0.317 e. The van der Waals surface area contributed by atoms with Crippen molar-refractivity contribution < 1.29 is 8.42 Å². The van der Waals surface area contributed by atoms with Gasteiger partial charge < -0.3 is 5.32 Å². The van der Waals surface area contributed by atoms with E-state index < -0.39 is 10.2 Å². The van der Waals surface area contributed by atoms with Crippen LogP contribution in [0.15, 0.2) is 0 Å². The Morgan fingerprint density at radius 3 is 2.64 bits per heavy atom. The van der Waals surface area contributed by atoms with Gasteiger partial charge >= 0.3 is 0 Å². The zero-order valence-electron chi connectivity index (χ0n) is 8.78. The molecule has 0 aliphatic carbocycles. The van der Waals surface area contributed by atoms with Crippen LogP contribution in [0.25, 0.3) is 0 Å². The van der Waals surface area contributed by atoms with Gasteiger partial charge in [0.05, 0.1) is 0 Å². The minimum atomic E-state index is -3.26. The Morgan fingerprint density at radius 2 is 2.00 bits per heavy atom. The fourth-order valence-electron chi connectivity index (χ4n) is 1.45. The highest BCUT2D eigenvalue weighted by molar-refractivity contribution is 7.87. The van der Waals surface area contributed by atoms with Gasteiger partial charge in [0.15, 0.2) is 0 Å². The minimum absolute atomic E-state index is 0.0809. The lowest BCUT2D eigenvalue weighted by atomic mass is 10.1. The van der Waals surface area contributed by atoms with Crippen LogP contribution in [0.1, 0.15) is 19.3 Å². The van der Waals surface area contributed by atoms with Crippen LogP contribution in [0, 0.1) is 0 Å². The molecule has 6 heteroatoms. The summed E-state index contributed by atoms with van der Waals surface area (Å²) in [5.41, 5.74) is 0. The molecule has 1 fully saturated rings. The summed E-state index contributed by atoms with van der Waals surface area (Å²) in [6.45, 7) is 1.88. The van der Waals surface area contributed by atoms with Crippen molar-refractivity contribution in [3.05, 3.63) is 0 Å². The zero-order chi connectivity index (χ0) is 10.6. The molecule has 1 atom stereocenters. The van der Waals surface area contributed by atoms with Crippen LogP contribution in [0.2, 0.25) is 0 Å². The van der Waals surface area contributed by atoms with Gasteiger partial charge in [-0.2, -0.15) is 17.4 Å². The lowest BCUT2D eigenvalue weighted by Gasteiger charge is -2.19. The molecule has 0 saturated carbocycles. The maximum absolute atomic E-state index is 11.5. The first-order valence-corrected chi connectivity index (χ1v) is 6.37. The third kappa shape index (κ3) is 3.53. The van der Waals surface area contributed by atoms with E-state index in [2.05, 4.69) is 10.0 Å². The Bertz CT molecular complexity index is 256. The predicted molar refractivity (Wildman–Crippen MR) is 56.3 cm³/mol. The van der Waals surface area contributed by atoms with Crippen LogP contribution in [0.3, 0.4) is 0 Å². The van der Waals surface area contributed by atoms with E-state index in [1.54, 1.807) is 0 Å². The van der Waals surface area contributed by atoms with Crippen molar-refractivity contribution in [2.75, 3.05) is 27.2 Å². The van der Waals surface area contributed by atoms with Crippen molar-refractivity contribution in [1.82, 2.24) is 14.3 Å². The number of nitrogens with zero attached hydrogens (tertiary/aromatic N) is 1. The second kappa shape index (κ2) is 5.06. The van der Waals surface area contributed by atoms with Gasteiger partial charge in [0.2, 0.25) is 0 Å². The summed E-state index contributed by atoms with van der Waals surface area (Å²) in [4.78, 5) is 0. The SMILES string of the molecule is CN(C)S(=O)(=O)N[C@H]1CCCNCC1. The van der Waals surface area contributed by atoms with E-state index >= 15 is 0 Å². The van der Waals surface area contributed by atoms with Crippen LogP contribution in [-0.4, -0.2) is 45.9 Å². The fraction of sp³-hybridized carbons (Fsp3) is 1.00. The molecule has 2 N–H and O–H groups in total. The highest BCUT2D eigenvalue weighted by Crippen LogP contribution is 2.06. The van der Waals surface area contributed by atoms with Gasteiger partial charge in [-0.05, 0) is 32.4 Å². The zero-order valence-corrected chi connectivity index (χ0v) is 9.60. The summed E-state index contributed by atoms with van der Waals surface area (Å²) in [7, 11) is -0.181. The van der Waals surface area contributed by atoms with Crippen LogP contribution in [0.4, 0.5) is 0 Å². The molecule has 5 nitrogen and oxygen atoms in total. The summed E-state index contributed by atoms with van der Waals surface area (Å²) >= 11 is 0. The molecule has 0 spiro atoms. The molecule has 1 heterocycles. The summed E-state index contributed by atoms with van der Waals surface area (Å²) in [6.07, 6.45) is 2.81. The van der Waals surface area contributed by atoms with Crippen LogP contribution in [-0.2, 0) is 10.2 Å². The lowest BCUT2D eigenvalue weighted by molar-refractivity contribution is 0.470. The molecular weight excluding hydrogens is 202 g/mol. The first kappa shape index (κ1) is 11.9. The van der Waals surface area contributed by atoms with Gasteiger partial charge in [-0.15, -0.1) is 0 Å². The summed E-state index contributed by atoms with van der Waals surface area (Å²) < 4.78 is 26.9. The van der Waals surface area contributed by atoms with Crippen molar-refractivity contribution in [2.24, 2.45) is 0 Å². The van der Waals surface area contributed by atoms with Gasteiger partial charge in [-0.25, -0.2) is 0 Å². The van der Waals surface area contributed by atoms with Crippen molar-refractivity contribution >= 4 is 10.2 Å².